The molecule has 0 saturated heterocycles. The molecule has 1 aromatic heterocycles. The zero-order valence-corrected chi connectivity index (χ0v) is 13.1. The Labute approximate surface area is 140 Å². The van der Waals surface area contributed by atoms with Crippen molar-refractivity contribution in [3.8, 4) is 11.8 Å². The van der Waals surface area contributed by atoms with Gasteiger partial charge in [-0.25, -0.2) is 9.59 Å². The van der Waals surface area contributed by atoms with Crippen LogP contribution in [0.3, 0.4) is 0 Å². The SMILES string of the molecule is COC(=O)c1c(N)c(C#N)cn1-c1cc(Cl)c(Cl)cc1C(=O)O. The second kappa shape index (κ2) is 6.20. The molecule has 3 N–H and O–H groups in total. The lowest BCUT2D eigenvalue weighted by Crippen LogP contribution is -2.13. The molecule has 118 valence electrons. The average Bonchev–Trinajstić information content (AvgIpc) is 2.85. The highest BCUT2D eigenvalue weighted by molar-refractivity contribution is 6.42. The van der Waals surface area contributed by atoms with E-state index >= 15 is 0 Å². The lowest BCUT2D eigenvalue weighted by atomic mass is 10.1. The maximum atomic E-state index is 12.0. The third-order valence-electron chi connectivity index (χ3n) is 3.07. The molecule has 7 nitrogen and oxygen atoms in total. The topological polar surface area (TPSA) is 118 Å². The minimum absolute atomic E-state index is 0.00666. The molecule has 0 saturated carbocycles. The lowest BCUT2D eigenvalue weighted by molar-refractivity contribution is 0.0591. The van der Waals surface area contributed by atoms with E-state index in [9.17, 15) is 14.7 Å². The van der Waals surface area contributed by atoms with Crippen molar-refractivity contribution in [3.63, 3.8) is 0 Å². The van der Waals surface area contributed by atoms with E-state index in [1.807, 2.05) is 6.07 Å². The van der Waals surface area contributed by atoms with Gasteiger partial charge >= 0.3 is 11.9 Å². The van der Waals surface area contributed by atoms with Crippen LogP contribution in [0.5, 0.6) is 0 Å². The van der Waals surface area contributed by atoms with E-state index in [0.717, 1.165) is 17.7 Å². The van der Waals surface area contributed by atoms with Crippen LogP contribution in [0.1, 0.15) is 26.4 Å². The number of nitriles is 1. The van der Waals surface area contributed by atoms with E-state index in [4.69, 9.17) is 34.2 Å². The number of methoxy groups -OCH3 is 1. The molecule has 1 heterocycles. The Morgan fingerprint density at radius 3 is 2.48 bits per heavy atom. The fourth-order valence-corrected chi connectivity index (χ4v) is 2.33. The first-order valence-corrected chi connectivity index (χ1v) is 6.79. The van der Waals surface area contributed by atoms with Crippen molar-refractivity contribution in [1.29, 1.82) is 5.26 Å². The number of ether oxygens (including phenoxy) is 1. The molecular weight excluding hydrogens is 345 g/mol. The summed E-state index contributed by atoms with van der Waals surface area (Å²) in [6.45, 7) is 0. The Morgan fingerprint density at radius 1 is 1.35 bits per heavy atom. The molecule has 0 amide bonds. The Morgan fingerprint density at radius 2 is 1.96 bits per heavy atom. The summed E-state index contributed by atoms with van der Waals surface area (Å²) in [4.78, 5) is 23.4. The molecule has 1 aromatic carbocycles. The molecule has 2 rings (SSSR count). The first-order chi connectivity index (χ1) is 10.8. The van der Waals surface area contributed by atoms with Gasteiger partial charge in [0.05, 0.1) is 39.7 Å². The van der Waals surface area contributed by atoms with E-state index in [1.54, 1.807) is 0 Å². The van der Waals surface area contributed by atoms with Crippen molar-refractivity contribution in [3.05, 3.63) is 45.2 Å². The van der Waals surface area contributed by atoms with Crippen LogP contribution in [0.15, 0.2) is 18.3 Å². The monoisotopic (exact) mass is 353 g/mol. The summed E-state index contributed by atoms with van der Waals surface area (Å²) in [5.74, 6) is -2.12. The van der Waals surface area contributed by atoms with Crippen molar-refractivity contribution in [2.24, 2.45) is 0 Å². The summed E-state index contributed by atoms with van der Waals surface area (Å²) in [6.07, 6.45) is 1.23. The molecule has 0 aliphatic heterocycles. The summed E-state index contributed by atoms with van der Waals surface area (Å²) < 4.78 is 5.78. The number of carbonyl (C=O) groups is 2. The van der Waals surface area contributed by atoms with Gasteiger partial charge in [-0.3, -0.25) is 0 Å². The van der Waals surface area contributed by atoms with E-state index < -0.39 is 11.9 Å². The van der Waals surface area contributed by atoms with E-state index in [2.05, 4.69) is 4.74 Å². The zero-order valence-electron chi connectivity index (χ0n) is 11.6. The number of esters is 1. The van der Waals surface area contributed by atoms with Crippen molar-refractivity contribution < 1.29 is 19.4 Å². The number of nitrogens with zero attached hydrogens (tertiary/aromatic N) is 2. The van der Waals surface area contributed by atoms with Crippen LogP contribution in [-0.2, 0) is 4.74 Å². The Hall–Kier alpha value is -2.69. The zero-order chi connectivity index (χ0) is 17.3. The Bertz CT molecular complexity index is 868. The van der Waals surface area contributed by atoms with Gasteiger partial charge < -0.3 is 20.1 Å². The van der Waals surface area contributed by atoms with Crippen LogP contribution in [0.2, 0.25) is 10.0 Å². The molecule has 0 aliphatic carbocycles. The number of carboxylic acid groups (broad SMARTS) is 1. The molecular formula is C14H9Cl2N3O4. The molecule has 0 bridgehead atoms. The summed E-state index contributed by atoms with van der Waals surface area (Å²) in [5.41, 5.74) is 5.28. The largest absolute Gasteiger partial charge is 0.478 e. The Balaban J connectivity index is 2.87. The van der Waals surface area contributed by atoms with Crippen molar-refractivity contribution >= 4 is 40.8 Å². The number of hydrogen-bond donors (Lipinski definition) is 2. The minimum Gasteiger partial charge on any atom is -0.478 e. The van der Waals surface area contributed by atoms with Gasteiger partial charge in [0.1, 0.15) is 6.07 Å². The maximum Gasteiger partial charge on any atom is 0.357 e. The predicted octanol–water partition coefficient (Wildman–Crippen LogP) is 2.72. The summed E-state index contributed by atoms with van der Waals surface area (Å²) in [5, 5.41) is 18.5. The highest BCUT2D eigenvalue weighted by atomic mass is 35.5. The summed E-state index contributed by atoms with van der Waals surface area (Å²) in [7, 11) is 1.14. The van der Waals surface area contributed by atoms with E-state index in [-0.39, 0.29) is 38.2 Å². The fraction of sp³-hybridized carbons (Fsp3) is 0.0714. The smallest absolute Gasteiger partial charge is 0.357 e. The first kappa shape index (κ1) is 16.7. The molecule has 9 heteroatoms. The second-order valence-corrected chi connectivity index (χ2v) is 5.18. The summed E-state index contributed by atoms with van der Waals surface area (Å²) in [6, 6.07) is 4.23. The number of nitrogens with two attached hydrogens (primary N) is 1. The quantitative estimate of drug-likeness (QED) is 0.818. The number of aromatic carboxylic acids is 1. The number of benzene rings is 1. The number of carboxylic acids is 1. The molecule has 23 heavy (non-hydrogen) atoms. The number of carbonyl (C=O) groups excluding carboxylic acids is 1. The number of nitrogen functional groups attached to an aromatic ring is 1. The van der Waals surface area contributed by atoms with Crippen LogP contribution in [-0.4, -0.2) is 28.7 Å². The highest BCUT2D eigenvalue weighted by Gasteiger charge is 2.25. The predicted molar refractivity (Wildman–Crippen MR) is 83.2 cm³/mol. The van der Waals surface area contributed by atoms with Gasteiger partial charge in [-0.15, -0.1) is 0 Å². The van der Waals surface area contributed by atoms with Gasteiger partial charge in [-0.05, 0) is 12.1 Å². The van der Waals surface area contributed by atoms with Gasteiger partial charge in [-0.1, -0.05) is 23.2 Å². The number of aromatic nitrogens is 1. The molecule has 0 spiro atoms. The van der Waals surface area contributed by atoms with Gasteiger partial charge in [0.2, 0.25) is 0 Å². The number of anilines is 1. The normalized spacial score (nSPS) is 10.2. The average molecular weight is 354 g/mol. The minimum atomic E-state index is -1.29. The second-order valence-electron chi connectivity index (χ2n) is 4.37. The van der Waals surface area contributed by atoms with E-state index in [1.165, 1.54) is 12.3 Å². The van der Waals surface area contributed by atoms with Gasteiger partial charge in [0.15, 0.2) is 5.69 Å². The highest BCUT2D eigenvalue weighted by Crippen LogP contribution is 2.32. The summed E-state index contributed by atoms with van der Waals surface area (Å²) >= 11 is 11.8. The molecule has 0 unspecified atom stereocenters. The maximum absolute atomic E-state index is 12.0. The van der Waals surface area contributed by atoms with Crippen molar-refractivity contribution in [1.82, 2.24) is 4.57 Å². The molecule has 0 aliphatic rings. The molecule has 2 aromatic rings. The first-order valence-electron chi connectivity index (χ1n) is 6.03. The van der Waals surface area contributed by atoms with Gasteiger partial charge in [0.25, 0.3) is 0 Å². The fourth-order valence-electron chi connectivity index (χ4n) is 2.01. The Kier molecular flexibility index (Phi) is 4.50. The number of rotatable bonds is 3. The van der Waals surface area contributed by atoms with Crippen molar-refractivity contribution in [2.75, 3.05) is 12.8 Å². The third-order valence-corrected chi connectivity index (χ3v) is 3.79. The van der Waals surface area contributed by atoms with Gasteiger partial charge in [-0.2, -0.15) is 5.26 Å². The van der Waals surface area contributed by atoms with Crippen LogP contribution >= 0.6 is 23.2 Å². The lowest BCUT2D eigenvalue weighted by Gasteiger charge is -2.12. The van der Waals surface area contributed by atoms with Crippen LogP contribution in [0.25, 0.3) is 5.69 Å². The third kappa shape index (κ3) is 2.82. The molecule has 0 atom stereocenters. The van der Waals surface area contributed by atoms with E-state index in [0.29, 0.717) is 0 Å². The molecule has 0 fully saturated rings. The molecule has 0 radical (unpaired) electrons. The van der Waals surface area contributed by atoms with Crippen LogP contribution < -0.4 is 5.73 Å². The standard InChI is InChI=1S/C14H9Cl2N3O4/c1-23-14(22)12-11(18)6(4-17)5-19(12)10-3-9(16)8(15)2-7(10)13(20)21/h2-3,5H,18H2,1H3,(H,20,21). The van der Waals surface area contributed by atoms with Crippen LogP contribution in [0, 0.1) is 11.3 Å². The van der Waals surface area contributed by atoms with Crippen molar-refractivity contribution in [2.45, 2.75) is 0 Å². The number of halogens is 2. The van der Waals surface area contributed by atoms with Crippen LogP contribution in [0.4, 0.5) is 5.69 Å². The number of hydrogen-bond acceptors (Lipinski definition) is 5. The van der Waals surface area contributed by atoms with Gasteiger partial charge in [0, 0.05) is 6.20 Å².